The van der Waals surface area contributed by atoms with Crippen molar-refractivity contribution in [1.82, 2.24) is 9.80 Å². The molecule has 0 aromatic carbocycles. The molecule has 0 aliphatic heterocycles. The van der Waals surface area contributed by atoms with Crippen molar-refractivity contribution >= 4 is 0 Å². The van der Waals surface area contributed by atoms with Crippen LogP contribution < -0.4 is 5.73 Å². The molecule has 14 heavy (non-hydrogen) atoms. The summed E-state index contributed by atoms with van der Waals surface area (Å²) in [6, 6.07) is 0.537. The van der Waals surface area contributed by atoms with Crippen LogP contribution in [0.4, 0.5) is 0 Å². The van der Waals surface area contributed by atoms with Gasteiger partial charge in [-0.3, -0.25) is 0 Å². The van der Waals surface area contributed by atoms with Crippen molar-refractivity contribution in [3.63, 3.8) is 0 Å². The van der Waals surface area contributed by atoms with E-state index in [4.69, 9.17) is 5.73 Å². The van der Waals surface area contributed by atoms with E-state index >= 15 is 0 Å². The monoisotopic (exact) mass is 201 g/mol. The fourth-order valence-electron chi connectivity index (χ4n) is 1.54. The molecule has 0 heterocycles. The highest BCUT2D eigenvalue weighted by Crippen LogP contribution is 2.08. The van der Waals surface area contributed by atoms with Crippen LogP contribution >= 0.6 is 0 Å². The lowest BCUT2D eigenvalue weighted by Gasteiger charge is -2.29. The van der Waals surface area contributed by atoms with E-state index in [1.807, 2.05) is 0 Å². The van der Waals surface area contributed by atoms with Gasteiger partial charge in [-0.2, -0.15) is 0 Å². The lowest BCUT2D eigenvalue weighted by atomic mass is 10.0. The molecule has 0 aromatic heterocycles. The lowest BCUT2D eigenvalue weighted by Crippen LogP contribution is -2.41. The van der Waals surface area contributed by atoms with Crippen LogP contribution in [0.25, 0.3) is 0 Å². The molecule has 1 unspecified atom stereocenters. The largest absolute Gasteiger partial charge is 0.329 e. The molecular formula is C11H27N3. The molecule has 0 radical (unpaired) electrons. The molecule has 0 fully saturated rings. The first-order valence-electron chi connectivity index (χ1n) is 5.52. The predicted octanol–water partition coefficient (Wildman–Crippen LogP) is 0.853. The normalized spacial score (nSPS) is 14.4. The first kappa shape index (κ1) is 13.9. The zero-order valence-corrected chi connectivity index (χ0v) is 10.5. The third kappa shape index (κ3) is 6.35. The molecule has 0 saturated heterocycles. The number of rotatable bonds is 7. The summed E-state index contributed by atoms with van der Waals surface area (Å²) in [5, 5.41) is 0. The van der Waals surface area contributed by atoms with Gasteiger partial charge in [-0.15, -0.1) is 0 Å². The molecule has 86 valence electrons. The molecule has 0 aromatic rings. The van der Waals surface area contributed by atoms with Gasteiger partial charge in [0.05, 0.1) is 0 Å². The van der Waals surface area contributed by atoms with Crippen molar-refractivity contribution in [2.24, 2.45) is 11.7 Å². The average molecular weight is 201 g/mol. The van der Waals surface area contributed by atoms with Crippen LogP contribution in [0.3, 0.4) is 0 Å². The topological polar surface area (TPSA) is 32.5 Å². The second-order valence-electron chi connectivity index (χ2n) is 4.80. The van der Waals surface area contributed by atoms with Crippen molar-refractivity contribution in [3.8, 4) is 0 Å². The Hall–Kier alpha value is -0.120. The van der Waals surface area contributed by atoms with Crippen molar-refractivity contribution in [2.45, 2.75) is 26.3 Å². The van der Waals surface area contributed by atoms with E-state index in [1.54, 1.807) is 0 Å². The van der Waals surface area contributed by atoms with Crippen LogP contribution in [-0.2, 0) is 0 Å². The molecule has 0 bridgehead atoms. The minimum Gasteiger partial charge on any atom is -0.329 e. The SMILES string of the molecule is CC(C)CC(CN)N(C)CCN(C)C. The van der Waals surface area contributed by atoms with E-state index in [9.17, 15) is 0 Å². The standard InChI is InChI=1S/C11H27N3/c1-10(2)8-11(9-12)14(5)7-6-13(3)4/h10-11H,6-9,12H2,1-5H3. The van der Waals surface area contributed by atoms with Gasteiger partial charge in [0.15, 0.2) is 0 Å². The first-order valence-corrected chi connectivity index (χ1v) is 5.52. The van der Waals surface area contributed by atoms with E-state index < -0.39 is 0 Å². The molecule has 3 nitrogen and oxygen atoms in total. The zero-order valence-electron chi connectivity index (χ0n) is 10.5. The smallest absolute Gasteiger partial charge is 0.0218 e. The van der Waals surface area contributed by atoms with E-state index in [2.05, 4.69) is 44.8 Å². The number of hydrogen-bond donors (Lipinski definition) is 1. The Morgan fingerprint density at radius 1 is 1.07 bits per heavy atom. The molecule has 0 amide bonds. The maximum absolute atomic E-state index is 5.77. The third-order valence-electron chi connectivity index (χ3n) is 2.54. The molecule has 0 saturated carbocycles. The van der Waals surface area contributed by atoms with Crippen LogP contribution in [-0.4, -0.2) is 56.6 Å². The molecule has 1 atom stereocenters. The van der Waals surface area contributed by atoms with Crippen LogP contribution in [0.5, 0.6) is 0 Å². The highest BCUT2D eigenvalue weighted by molar-refractivity contribution is 4.71. The molecule has 0 aliphatic rings. The maximum atomic E-state index is 5.77. The van der Waals surface area contributed by atoms with Gasteiger partial charge in [0.1, 0.15) is 0 Å². The lowest BCUT2D eigenvalue weighted by molar-refractivity contribution is 0.198. The summed E-state index contributed by atoms with van der Waals surface area (Å²) >= 11 is 0. The summed E-state index contributed by atoms with van der Waals surface area (Å²) in [5.41, 5.74) is 5.77. The number of nitrogens with two attached hydrogens (primary N) is 1. The summed E-state index contributed by atoms with van der Waals surface area (Å²) in [5.74, 6) is 0.727. The van der Waals surface area contributed by atoms with Crippen LogP contribution in [0.2, 0.25) is 0 Å². The molecule has 0 aliphatic carbocycles. The average Bonchev–Trinajstić information content (AvgIpc) is 2.09. The van der Waals surface area contributed by atoms with Gasteiger partial charge >= 0.3 is 0 Å². The zero-order chi connectivity index (χ0) is 11.1. The van der Waals surface area contributed by atoms with Crippen LogP contribution in [0, 0.1) is 5.92 Å². The Bertz CT molecular complexity index is 134. The molecule has 3 heteroatoms. The Balaban J connectivity index is 3.84. The van der Waals surface area contributed by atoms with E-state index in [-0.39, 0.29) is 0 Å². The summed E-state index contributed by atoms with van der Waals surface area (Å²) < 4.78 is 0. The Labute approximate surface area is 89.2 Å². The number of hydrogen-bond acceptors (Lipinski definition) is 3. The minimum atomic E-state index is 0.537. The van der Waals surface area contributed by atoms with Crippen molar-refractivity contribution in [1.29, 1.82) is 0 Å². The Morgan fingerprint density at radius 3 is 2.00 bits per heavy atom. The van der Waals surface area contributed by atoms with E-state index in [0.29, 0.717) is 6.04 Å². The maximum Gasteiger partial charge on any atom is 0.0218 e. The second-order valence-corrected chi connectivity index (χ2v) is 4.80. The van der Waals surface area contributed by atoms with Gasteiger partial charge in [-0.1, -0.05) is 13.8 Å². The van der Waals surface area contributed by atoms with E-state index in [1.165, 1.54) is 6.42 Å². The summed E-state index contributed by atoms with van der Waals surface area (Å²) in [4.78, 5) is 4.58. The molecule has 0 rings (SSSR count). The predicted molar refractivity (Wildman–Crippen MR) is 63.5 cm³/mol. The van der Waals surface area contributed by atoms with Gasteiger partial charge in [0, 0.05) is 25.7 Å². The van der Waals surface area contributed by atoms with Crippen molar-refractivity contribution in [2.75, 3.05) is 40.8 Å². The van der Waals surface area contributed by atoms with Gasteiger partial charge in [0.2, 0.25) is 0 Å². The second kappa shape index (κ2) is 7.21. The Morgan fingerprint density at radius 2 is 1.64 bits per heavy atom. The van der Waals surface area contributed by atoms with E-state index in [0.717, 1.165) is 25.6 Å². The van der Waals surface area contributed by atoms with Crippen molar-refractivity contribution < 1.29 is 0 Å². The quantitative estimate of drug-likeness (QED) is 0.663. The fourth-order valence-corrected chi connectivity index (χ4v) is 1.54. The molecular weight excluding hydrogens is 174 g/mol. The fraction of sp³-hybridized carbons (Fsp3) is 1.00. The van der Waals surface area contributed by atoms with Crippen LogP contribution in [0.15, 0.2) is 0 Å². The molecule has 0 spiro atoms. The minimum absolute atomic E-state index is 0.537. The number of likely N-dealkylation sites (N-methyl/N-ethyl adjacent to an activating group) is 2. The molecule has 2 N–H and O–H groups in total. The van der Waals surface area contributed by atoms with Gasteiger partial charge in [-0.05, 0) is 33.5 Å². The summed E-state index contributed by atoms with van der Waals surface area (Å²) in [6.45, 7) is 7.47. The Kier molecular flexibility index (Phi) is 7.15. The highest BCUT2D eigenvalue weighted by Gasteiger charge is 2.14. The first-order chi connectivity index (χ1) is 6.47. The van der Waals surface area contributed by atoms with Crippen LogP contribution in [0.1, 0.15) is 20.3 Å². The third-order valence-corrected chi connectivity index (χ3v) is 2.54. The summed E-state index contributed by atoms with van der Waals surface area (Å²) in [7, 11) is 6.38. The van der Waals surface area contributed by atoms with Gasteiger partial charge < -0.3 is 15.5 Å². The number of nitrogens with zero attached hydrogens (tertiary/aromatic N) is 2. The van der Waals surface area contributed by atoms with Crippen molar-refractivity contribution in [3.05, 3.63) is 0 Å². The highest BCUT2D eigenvalue weighted by atomic mass is 15.2. The summed E-state index contributed by atoms with van der Waals surface area (Å²) in [6.07, 6.45) is 1.19. The van der Waals surface area contributed by atoms with Gasteiger partial charge in [-0.25, -0.2) is 0 Å². The van der Waals surface area contributed by atoms with Gasteiger partial charge in [0.25, 0.3) is 0 Å².